The number of alkyl halides is 3. The van der Waals surface area contributed by atoms with Crippen molar-refractivity contribution in [2.24, 2.45) is 0 Å². The Balaban J connectivity index is 1.64. The van der Waals surface area contributed by atoms with E-state index in [1.807, 2.05) is 23.1 Å². The molecular weight excluding hydrogens is 333 g/mol. The topological polar surface area (TPSA) is 15.3 Å². The third-order valence-electron chi connectivity index (χ3n) is 4.19. The summed E-state index contributed by atoms with van der Waals surface area (Å²) in [4.78, 5) is 2.01. The molecule has 24 heavy (non-hydrogen) atoms. The summed E-state index contributed by atoms with van der Waals surface area (Å²) in [6.07, 6.45) is -3.38. The molecule has 0 radical (unpaired) electrons. The first-order chi connectivity index (χ1) is 11.4. The molecule has 0 bridgehead atoms. The Morgan fingerprint density at radius 3 is 2.54 bits per heavy atom. The molecule has 0 aliphatic carbocycles. The number of nitrogens with zero attached hydrogens (tertiary/aromatic N) is 1. The van der Waals surface area contributed by atoms with Gasteiger partial charge in [-0.15, -0.1) is 0 Å². The molecule has 1 heterocycles. The molecule has 1 N–H and O–H groups in total. The fourth-order valence-corrected chi connectivity index (χ4v) is 3.20. The standard InChI is InChI=1S/C18H17F3N2S/c19-18(20,21)15-7-4-8-16(11-15)22-17(24)23-10-9-14(12-23)13-5-2-1-3-6-13/h1-8,11,14H,9-10,12H2,(H,22,24). The van der Waals surface area contributed by atoms with Crippen molar-refractivity contribution in [3.8, 4) is 0 Å². The van der Waals surface area contributed by atoms with Crippen LogP contribution in [0.2, 0.25) is 0 Å². The van der Waals surface area contributed by atoms with Gasteiger partial charge in [0.15, 0.2) is 5.11 Å². The molecule has 1 unspecified atom stereocenters. The lowest BCUT2D eigenvalue weighted by Crippen LogP contribution is -2.32. The first-order valence-corrected chi connectivity index (χ1v) is 8.12. The molecule has 2 nitrogen and oxygen atoms in total. The minimum absolute atomic E-state index is 0.359. The maximum atomic E-state index is 12.8. The van der Waals surface area contributed by atoms with Gasteiger partial charge in [0.25, 0.3) is 0 Å². The second-order valence-corrected chi connectivity index (χ2v) is 6.24. The van der Waals surface area contributed by atoms with Gasteiger partial charge in [-0.2, -0.15) is 13.2 Å². The average molecular weight is 350 g/mol. The molecule has 3 rings (SSSR count). The maximum absolute atomic E-state index is 12.8. The Kier molecular flexibility index (Phi) is 4.76. The molecule has 0 spiro atoms. The highest BCUT2D eigenvalue weighted by Crippen LogP contribution is 2.31. The number of thiocarbonyl (C=S) groups is 1. The zero-order valence-electron chi connectivity index (χ0n) is 12.9. The van der Waals surface area contributed by atoms with Crippen molar-refractivity contribution in [1.29, 1.82) is 0 Å². The second kappa shape index (κ2) is 6.81. The SMILES string of the molecule is FC(F)(F)c1cccc(NC(=S)N2CCC(c3ccccc3)C2)c1. The summed E-state index contributed by atoms with van der Waals surface area (Å²) in [5, 5.41) is 3.39. The summed E-state index contributed by atoms with van der Waals surface area (Å²) in [5.41, 5.74) is 0.943. The van der Waals surface area contributed by atoms with Crippen LogP contribution in [0.1, 0.15) is 23.5 Å². The van der Waals surface area contributed by atoms with Crippen molar-refractivity contribution in [2.75, 3.05) is 18.4 Å². The number of hydrogen-bond donors (Lipinski definition) is 1. The van der Waals surface area contributed by atoms with Crippen LogP contribution < -0.4 is 5.32 Å². The van der Waals surface area contributed by atoms with Crippen molar-refractivity contribution in [3.05, 3.63) is 65.7 Å². The van der Waals surface area contributed by atoms with Crippen molar-refractivity contribution < 1.29 is 13.2 Å². The maximum Gasteiger partial charge on any atom is 0.416 e. The number of benzene rings is 2. The molecule has 126 valence electrons. The van der Waals surface area contributed by atoms with E-state index in [9.17, 15) is 13.2 Å². The van der Waals surface area contributed by atoms with Gasteiger partial charge in [-0.1, -0.05) is 36.4 Å². The van der Waals surface area contributed by atoms with Gasteiger partial charge >= 0.3 is 6.18 Å². The number of rotatable bonds is 2. The summed E-state index contributed by atoms with van der Waals surface area (Å²) >= 11 is 5.37. The monoisotopic (exact) mass is 350 g/mol. The Bertz CT molecular complexity index is 716. The van der Waals surface area contributed by atoms with Gasteiger partial charge < -0.3 is 10.2 Å². The van der Waals surface area contributed by atoms with E-state index in [0.29, 0.717) is 16.7 Å². The third kappa shape index (κ3) is 3.87. The largest absolute Gasteiger partial charge is 0.416 e. The molecule has 1 aliphatic rings. The predicted octanol–water partition coefficient (Wildman–Crippen LogP) is 4.89. The second-order valence-electron chi connectivity index (χ2n) is 5.85. The molecule has 1 aliphatic heterocycles. The minimum atomic E-state index is -4.36. The summed E-state index contributed by atoms with van der Waals surface area (Å²) in [5.74, 6) is 0.396. The zero-order chi connectivity index (χ0) is 17.2. The highest BCUT2D eigenvalue weighted by molar-refractivity contribution is 7.80. The molecule has 2 aromatic carbocycles. The van der Waals surface area contributed by atoms with Crippen molar-refractivity contribution in [2.45, 2.75) is 18.5 Å². The molecule has 1 fully saturated rings. The van der Waals surface area contributed by atoms with Crippen molar-refractivity contribution >= 4 is 23.0 Å². The number of halogens is 3. The van der Waals surface area contributed by atoms with Gasteiger partial charge in [-0.3, -0.25) is 0 Å². The van der Waals surface area contributed by atoms with Crippen LogP contribution in [0, 0.1) is 0 Å². The Morgan fingerprint density at radius 1 is 1.08 bits per heavy atom. The van der Waals surface area contributed by atoms with E-state index < -0.39 is 11.7 Å². The summed E-state index contributed by atoms with van der Waals surface area (Å²) in [6, 6.07) is 15.3. The van der Waals surface area contributed by atoms with Crippen LogP contribution in [-0.4, -0.2) is 23.1 Å². The van der Waals surface area contributed by atoms with Gasteiger partial charge in [-0.25, -0.2) is 0 Å². The van der Waals surface area contributed by atoms with Crippen LogP contribution in [0.5, 0.6) is 0 Å². The van der Waals surface area contributed by atoms with Gasteiger partial charge in [0.2, 0.25) is 0 Å². The van der Waals surface area contributed by atoms with Crippen LogP contribution in [-0.2, 0) is 6.18 Å². The first kappa shape index (κ1) is 16.8. The Hall–Kier alpha value is -2.08. The van der Waals surface area contributed by atoms with E-state index in [1.165, 1.54) is 11.6 Å². The minimum Gasteiger partial charge on any atom is -0.348 e. The normalized spacial score (nSPS) is 17.8. The van der Waals surface area contributed by atoms with E-state index in [4.69, 9.17) is 12.2 Å². The first-order valence-electron chi connectivity index (χ1n) is 7.71. The summed E-state index contributed by atoms with van der Waals surface area (Å²) < 4.78 is 38.3. The lowest BCUT2D eigenvalue weighted by molar-refractivity contribution is -0.137. The fraction of sp³-hybridized carbons (Fsp3) is 0.278. The lowest BCUT2D eigenvalue weighted by Gasteiger charge is -2.21. The summed E-state index contributed by atoms with van der Waals surface area (Å²) in [7, 11) is 0. The molecule has 1 atom stereocenters. The van der Waals surface area contributed by atoms with Gasteiger partial charge in [-0.05, 0) is 42.4 Å². The number of likely N-dealkylation sites (tertiary alicyclic amines) is 1. The molecule has 0 amide bonds. The number of hydrogen-bond acceptors (Lipinski definition) is 1. The van der Waals surface area contributed by atoms with E-state index in [0.717, 1.165) is 31.6 Å². The third-order valence-corrected chi connectivity index (χ3v) is 4.55. The van der Waals surface area contributed by atoms with Gasteiger partial charge in [0, 0.05) is 24.7 Å². The van der Waals surface area contributed by atoms with Crippen molar-refractivity contribution in [3.63, 3.8) is 0 Å². The molecule has 0 saturated carbocycles. The van der Waals surface area contributed by atoms with Gasteiger partial charge in [0.05, 0.1) is 5.56 Å². The Labute approximate surface area is 144 Å². The quantitative estimate of drug-likeness (QED) is 0.776. The molecule has 0 aromatic heterocycles. The van der Waals surface area contributed by atoms with Crippen LogP contribution >= 0.6 is 12.2 Å². The van der Waals surface area contributed by atoms with Crippen LogP contribution in [0.3, 0.4) is 0 Å². The van der Waals surface area contributed by atoms with Crippen LogP contribution in [0.4, 0.5) is 18.9 Å². The predicted molar refractivity (Wildman–Crippen MR) is 93.0 cm³/mol. The molecule has 2 aromatic rings. The van der Waals surface area contributed by atoms with E-state index in [1.54, 1.807) is 6.07 Å². The molecular formula is C18H17F3N2S. The van der Waals surface area contributed by atoms with E-state index >= 15 is 0 Å². The van der Waals surface area contributed by atoms with E-state index in [2.05, 4.69) is 17.4 Å². The average Bonchev–Trinajstić information content (AvgIpc) is 3.05. The number of anilines is 1. The van der Waals surface area contributed by atoms with Crippen molar-refractivity contribution in [1.82, 2.24) is 4.90 Å². The lowest BCUT2D eigenvalue weighted by atomic mass is 9.99. The molecule has 1 saturated heterocycles. The Morgan fingerprint density at radius 2 is 1.83 bits per heavy atom. The highest BCUT2D eigenvalue weighted by Gasteiger charge is 2.31. The number of nitrogens with one attached hydrogen (secondary N) is 1. The summed E-state index contributed by atoms with van der Waals surface area (Å²) in [6.45, 7) is 1.57. The molecule has 6 heteroatoms. The van der Waals surface area contributed by atoms with E-state index in [-0.39, 0.29) is 0 Å². The highest BCUT2D eigenvalue weighted by atomic mass is 32.1. The van der Waals surface area contributed by atoms with Gasteiger partial charge in [0.1, 0.15) is 0 Å². The fourth-order valence-electron chi connectivity index (χ4n) is 2.92. The smallest absolute Gasteiger partial charge is 0.348 e. The van der Waals surface area contributed by atoms with Crippen LogP contribution in [0.15, 0.2) is 54.6 Å². The zero-order valence-corrected chi connectivity index (χ0v) is 13.7. The van der Waals surface area contributed by atoms with Crippen LogP contribution in [0.25, 0.3) is 0 Å².